The van der Waals surface area contributed by atoms with E-state index in [-0.39, 0.29) is 11.9 Å². The number of carbonyl (C=O) groups excluding carboxylic acids is 1. The van der Waals surface area contributed by atoms with Crippen molar-refractivity contribution in [2.24, 2.45) is 5.92 Å². The molecule has 0 saturated carbocycles. The average molecular weight is 406 g/mol. The predicted octanol–water partition coefficient (Wildman–Crippen LogP) is 3.76. The number of benzene rings is 2. The van der Waals surface area contributed by atoms with Crippen LogP contribution in [0.3, 0.4) is 0 Å². The van der Waals surface area contributed by atoms with Gasteiger partial charge in [-0.15, -0.1) is 0 Å². The number of hydrogen-bond acceptors (Lipinski definition) is 7. The van der Waals surface area contributed by atoms with E-state index in [1.165, 1.54) is 12.5 Å². The maximum Gasteiger partial charge on any atom is 0.308 e. The lowest BCUT2D eigenvalue weighted by molar-refractivity contribution is -0.146. The van der Waals surface area contributed by atoms with Gasteiger partial charge in [-0.1, -0.05) is 36.4 Å². The number of fused-ring (bicyclic) bond motifs is 1. The summed E-state index contributed by atoms with van der Waals surface area (Å²) in [6.45, 7) is 4.23. The van der Waals surface area contributed by atoms with E-state index >= 15 is 0 Å². The number of methoxy groups -OCH3 is 1. The minimum absolute atomic E-state index is 0.0587. The number of aromatic nitrogens is 2. The first-order valence-electron chi connectivity index (χ1n) is 10.3. The third kappa shape index (κ3) is 3.63. The van der Waals surface area contributed by atoms with Crippen LogP contribution in [0.5, 0.6) is 0 Å². The van der Waals surface area contributed by atoms with Gasteiger partial charge in [-0.3, -0.25) is 4.79 Å². The highest BCUT2D eigenvalue weighted by molar-refractivity contribution is 5.97. The Bertz CT molecular complexity index is 1040. The van der Waals surface area contributed by atoms with Crippen LogP contribution in [0.25, 0.3) is 10.8 Å². The monoisotopic (exact) mass is 405 g/mol. The summed E-state index contributed by atoms with van der Waals surface area (Å²) in [5, 5.41) is 2.33. The SMILES string of the molecule is CCN(c1ncnc(N2CCC(C(=O)OC)CC2)c1N)c1cccc2ccccc12. The molecule has 0 radical (unpaired) electrons. The van der Waals surface area contributed by atoms with E-state index in [4.69, 9.17) is 10.5 Å². The molecular formula is C23H27N5O2. The quantitative estimate of drug-likeness (QED) is 0.647. The van der Waals surface area contributed by atoms with Gasteiger partial charge in [0.25, 0.3) is 0 Å². The molecule has 4 rings (SSSR count). The van der Waals surface area contributed by atoms with E-state index in [9.17, 15) is 4.79 Å². The largest absolute Gasteiger partial charge is 0.469 e. The Morgan fingerprint density at radius 1 is 1.17 bits per heavy atom. The first-order chi connectivity index (χ1) is 14.6. The maximum atomic E-state index is 11.8. The van der Waals surface area contributed by atoms with E-state index in [1.54, 1.807) is 6.33 Å². The zero-order valence-electron chi connectivity index (χ0n) is 17.4. The molecule has 1 aliphatic rings. The summed E-state index contributed by atoms with van der Waals surface area (Å²) in [5.74, 6) is 1.23. The number of nitrogens with two attached hydrogens (primary N) is 1. The Balaban J connectivity index is 1.66. The van der Waals surface area contributed by atoms with Crippen LogP contribution in [0.4, 0.5) is 23.0 Å². The lowest BCUT2D eigenvalue weighted by Gasteiger charge is -2.33. The molecule has 1 aliphatic heterocycles. The van der Waals surface area contributed by atoms with Gasteiger partial charge >= 0.3 is 5.97 Å². The normalized spacial score (nSPS) is 14.7. The highest BCUT2D eigenvalue weighted by Gasteiger charge is 2.28. The number of piperidine rings is 1. The first kappa shape index (κ1) is 19.9. The lowest BCUT2D eigenvalue weighted by Crippen LogP contribution is -2.37. The van der Waals surface area contributed by atoms with Crippen molar-refractivity contribution in [3.05, 3.63) is 48.8 Å². The van der Waals surface area contributed by atoms with Gasteiger partial charge in [0, 0.05) is 25.0 Å². The topological polar surface area (TPSA) is 84.6 Å². The average Bonchev–Trinajstić information content (AvgIpc) is 2.80. The molecule has 7 heteroatoms. The lowest BCUT2D eigenvalue weighted by atomic mass is 9.97. The predicted molar refractivity (Wildman–Crippen MR) is 120 cm³/mol. The molecule has 2 N–H and O–H groups in total. The number of nitrogens with zero attached hydrogens (tertiary/aromatic N) is 4. The Hall–Kier alpha value is -3.35. The molecule has 0 aliphatic carbocycles. The Labute approximate surface area is 176 Å². The Kier molecular flexibility index (Phi) is 5.70. The fraction of sp³-hybridized carbons (Fsp3) is 0.348. The van der Waals surface area contributed by atoms with Crippen molar-refractivity contribution in [1.29, 1.82) is 0 Å². The molecule has 0 unspecified atom stereocenters. The second kappa shape index (κ2) is 8.57. The van der Waals surface area contributed by atoms with Crippen molar-refractivity contribution in [3.63, 3.8) is 0 Å². The molecule has 2 heterocycles. The Morgan fingerprint density at radius 3 is 2.63 bits per heavy atom. The molecule has 0 spiro atoms. The van der Waals surface area contributed by atoms with Crippen molar-refractivity contribution < 1.29 is 9.53 Å². The molecule has 0 amide bonds. The molecule has 2 aromatic carbocycles. The molecule has 0 bridgehead atoms. The highest BCUT2D eigenvalue weighted by atomic mass is 16.5. The molecule has 0 atom stereocenters. The summed E-state index contributed by atoms with van der Waals surface area (Å²) >= 11 is 0. The summed E-state index contributed by atoms with van der Waals surface area (Å²) in [5.41, 5.74) is 8.22. The minimum atomic E-state index is -0.140. The zero-order valence-corrected chi connectivity index (χ0v) is 17.4. The minimum Gasteiger partial charge on any atom is -0.469 e. The van der Waals surface area contributed by atoms with Crippen LogP contribution in [0.2, 0.25) is 0 Å². The van der Waals surface area contributed by atoms with Crippen LogP contribution >= 0.6 is 0 Å². The van der Waals surface area contributed by atoms with E-state index in [0.29, 0.717) is 24.6 Å². The second-order valence-electron chi connectivity index (χ2n) is 7.46. The number of ether oxygens (including phenoxy) is 1. The van der Waals surface area contributed by atoms with Gasteiger partial charge in [0.05, 0.1) is 18.7 Å². The fourth-order valence-electron chi connectivity index (χ4n) is 4.22. The van der Waals surface area contributed by atoms with Crippen LogP contribution in [0, 0.1) is 5.92 Å². The van der Waals surface area contributed by atoms with Gasteiger partial charge in [-0.2, -0.15) is 0 Å². The maximum absolute atomic E-state index is 11.8. The zero-order chi connectivity index (χ0) is 21.1. The van der Waals surface area contributed by atoms with Crippen molar-refractivity contribution >= 4 is 39.8 Å². The molecule has 30 heavy (non-hydrogen) atoms. The molecule has 3 aromatic rings. The van der Waals surface area contributed by atoms with Crippen LogP contribution in [-0.2, 0) is 9.53 Å². The van der Waals surface area contributed by atoms with E-state index < -0.39 is 0 Å². The fourth-order valence-corrected chi connectivity index (χ4v) is 4.22. The number of nitrogen functional groups attached to an aromatic ring is 1. The van der Waals surface area contributed by atoms with Crippen molar-refractivity contribution in [1.82, 2.24) is 9.97 Å². The van der Waals surface area contributed by atoms with Gasteiger partial charge in [-0.25, -0.2) is 9.97 Å². The molecule has 1 aromatic heterocycles. The van der Waals surface area contributed by atoms with Gasteiger partial charge in [0.15, 0.2) is 11.6 Å². The van der Waals surface area contributed by atoms with Gasteiger partial charge in [-0.05, 0) is 31.2 Å². The number of rotatable bonds is 5. The van der Waals surface area contributed by atoms with Crippen LogP contribution < -0.4 is 15.5 Å². The van der Waals surface area contributed by atoms with Gasteiger partial charge < -0.3 is 20.3 Å². The van der Waals surface area contributed by atoms with Crippen molar-refractivity contribution in [2.45, 2.75) is 19.8 Å². The molecule has 7 nitrogen and oxygen atoms in total. The number of carbonyl (C=O) groups is 1. The Morgan fingerprint density at radius 2 is 1.90 bits per heavy atom. The highest BCUT2D eigenvalue weighted by Crippen LogP contribution is 2.37. The van der Waals surface area contributed by atoms with Gasteiger partial charge in [0.2, 0.25) is 0 Å². The number of esters is 1. The third-order valence-electron chi connectivity index (χ3n) is 5.80. The van der Waals surface area contributed by atoms with Crippen molar-refractivity contribution in [2.75, 3.05) is 42.3 Å². The van der Waals surface area contributed by atoms with Crippen molar-refractivity contribution in [3.8, 4) is 0 Å². The van der Waals surface area contributed by atoms with E-state index in [1.807, 2.05) is 12.1 Å². The van der Waals surface area contributed by atoms with Crippen LogP contribution in [0.15, 0.2) is 48.8 Å². The summed E-state index contributed by atoms with van der Waals surface area (Å²) < 4.78 is 4.89. The summed E-state index contributed by atoms with van der Waals surface area (Å²) in [7, 11) is 1.44. The summed E-state index contributed by atoms with van der Waals surface area (Å²) in [6.07, 6.45) is 3.03. The second-order valence-corrected chi connectivity index (χ2v) is 7.46. The van der Waals surface area contributed by atoms with E-state index in [2.05, 4.69) is 57.0 Å². The molecule has 1 saturated heterocycles. The molecule has 1 fully saturated rings. The first-order valence-corrected chi connectivity index (χ1v) is 10.3. The smallest absolute Gasteiger partial charge is 0.308 e. The van der Waals surface area contributed by atoms with Crippen LogP contribution in [-0.4, -0.2) is 42.7 Å². The number of hydrogen-bond donors (Lipinski definition) is 1. The standard InChI is InChI=1S/C23H27N5O2/c1-3-28(19-10-6-8-16-7-4-5-9-18(16)19)22-20(24)21(25-15-26-22)27-13-11-17(12-14-27)23(29)30-2/h4-10,15,17H,3,11-14,24H2,1-2H3. The van der Waals surface area contributed by atoms with E-state index in [0.717, 1.165) is 36.3 Å². The van der Waals surface area contributed by atoms with Gasteiger partial charge in [0.1, 0.15) is 12.0 Å². The third-order valence-corrected chi connectivity index (χ3v) is 5.80. The molecular weight excluding hydrogens is 378 g/mol. The summed E-state index contributed by atoms with van der Waals surface area (Å²) in [6, 6.07) is 14.5. The number of anilines is 4. The molecule has 156 valence electrons. The van der Waals surface area contributed by atoms with Crippen LogP contribution in [0.1, 0.15) is 19.8 Å². The summed E-state index contributed by atoms with van der Waals surface area (Å²) in [4.78, 5) is 25.1.